The first kappa shape index (κ1) is 43.3. The summed E-state index contributed by atoms with van der Waals surface area (Å²) in [6.07, 6.45) is 25.7. The van der Waals surface area contributed by atoms with Crippen LogP contribution in [0.4, 0.5) is 0 Å². The topological polar surface area (TPSA) is 25.8 Å². The molecule has 0 fully saturated rings. The second-order valence-electron chi connectivity index (χ2n) is 17.0. The van der Waals surface area contributed by atoms with Gasteiger partial charge in [0.15, 0.2) is 0 Å². The second kappa shape index (κ2) is 22.2. The maximum Gasteiger partial charge on any atom is 0.0747 e. The van der Waals surface area contributed by atoms with E-state index in [0.717, 1.165) is 24.2 Å². The van der Waals surface area contributed by atoms with Gasteiger partial charge < -0.3 is 0 Å². The average Bonchev–Trinajstić information content (AvgIpc) is 3.19. The second-order valence-corrected chi connectivity index (χ2v) is 17.0. The zero-order valence-electron chi connectivity index (χ0n) is 36.8. The molecule has 0 radical (unpaired) electrons. The highest BCUT2D eigenvalue weighted by molar-refractivity contribution is 6.11. The lowest BCUT2D eigenvalue weighted by atomic mass is 9.85. The predicted molar refractivity (Wildman–Crippen MR) is 249 cm³/mol. The molecule has 6 rings (SSSR count). The lowest BCUT2D eigenvalue weighted by molar-refractivity contribution is 0.653. The van der Waals surface area contributed by atoms with Crippen LogP contribution in [0.5, 0.6) is 0 Å². The molecule has 4 aromatic carbocycles. The van der Waals surface area contributed by atoms with Crippen LogP contribution in [0.1, 0.15) is 175 Å². The maximum atomic E-state index is 5.02. The average molecular weight is 751 g/mol. The molecule has 2 heterocycles. The summed E-state index contributed by atoms with van der Waals surface area (Å²) in [4.78, 5) is 10.0. The molecule has 0 saturated heterocycles. The van der Waals surface area contributed by atoms with Crippen LogP contribution in [0.3, 0.4) is 0 Å². The number of hydrogen-bond donors (Lipinski definition) is 0. The highest BCUT2D eigenvalue weighted by atomic mass is 14.7. The van der Waals surface area contributed by atoms with Gasteiger partial charge in [-0.2, -0.15) is 0 Å². The van der Waals surface area contributed by atoms with E-state index in [1.807, 2.05) is 0 Å². The summed E-state index contributed by atoms with van der Waals surface area (Å²) < 4.78 is 0. The van der Waals surface area contributed by atoms with Crippen molar-refractivity contribution >= 4 is 43.4 Å². The quantitative estimate of drug-likeness (QED) is 0.0573. The van der Waals surface area contributed by atoms with Crippen molar-refractivity contribution in [3.05, 3.63) is 105 Å². The van der Waals surface area contributed by atoms with E-state index >= 15 is 0 Å². The lowest BCUT2D eigenvalue weighted by Crippen LogP contribution is -2.03. The Hall–Kier alpha value is -3.78. The summed E-state index contributed by atoms with van der Waals surface area (Å²) in [7, 11) is 0. The summed E-state index contributed by atoms with van der Waals surface area (Å²) in [5, 5.41) is 8.47. The van der Waals surface area contributed by atoms with Crippen LogP contribution in [0.2, 0.25) is 0 Å². The van der Waals surface area contributed by atoms with E-state index in [4.69, 9.17) is 9.97 Å². The molecule has 0 aliphatic rings. The highest BCUT2D eigenvalue weighted by Crippen LogP contribution is 2.37. The zero-order chi connectivity index (χ0) is 39.9. The fourth-order valence-electron chi connectivity index (χ4n) is 8.93. The molecule has 300 valence electrons. The SMILES string of the molecule is CCCCCCc1c(CCCCCC)c2cc(C)ccc2c2ccc(C)cc12.CCCCCCc1c(CCCCCC)c2nc(C)ccc2c2ccc(C)nc12. The van der Waals surface area contributed by atoms with Gasteiger partial charge >= 0.3 is 0 Å². The Morgan fingerprint density at radius 3 is 0.982 bits per heavy atom. The van der Waals surface area contributed by atoms with E-state index in [0.29, 0.717) is 0 Å². The molecule has 0 atom stereocenters. The smallest absolute Gasteiger partial charge is 0.0747 e. The molecule has 2 aromatic heterocycles. The van der Waals surface area contributed by atoms with Crippen molar-refractivity contribution < 1.29 is 0 Å². The van der Waals surface area contributed by atoms with Gasteiger partial charge in [0.05, 0.1) is 11.0 Å². The Labute approximate surface area is 341 Å². The van der Waals surface area contributed by atoms with Gasteiger partial charge in [-0.15, -0.1) is 0 Å². The van der Waals surface area contributed by atoms with Crippen LogP contribution in [0.25, 0.3) is 43.4 Å². The number of aryl methyl sites for hydroxylation is 8. The van der Waals surface area contributed by atoms with Crippen LogP contribution in [0, 0.1) is 27.7 Å². The molecule has 2 nitrogen and oxygen atoms in total. The Morgan fingerprint density at radius 2 is 0.643 bits per heavy atom. The van der Waals surface area contributed by atoms with E-state index in [-0.39, 0.29) is 0 Å². The minimum Gasteiger partial charge on any atom is -0.253 e. The standard InChI is InChI=1S/C28H38.C26H36N2/c1-5-7-9-11-13-23-24(14-12-10-8-6-2)28-20-22(4)16-18-26(28)25-17-15-21(3)19-27(23)25;1-5-7-9-11-13-21-22(14-12-10-8-6-2)26-24(18-16-20(4)28-26)23-17-15-19(3)27-25(21)23/h15-20H,5-14H2,1-4H3;15-18H,5-14H2,1-4H3. The minimum absolute atomic E-state index is 1.11. The Balaban J connectivity index is 0.000000214. The van der Waals surface area contributed by atoms with Gasteiger partial charge in [0.1, 0.15) is 0 Å². The molecule has 0 saturated carbocycles. The van der Waals surface area contributed by atoms with Gasteiger partial charge in [0.2, 0.25) is 0 Å². The van der Waals surface area contributed by atoms with Gasteiger partial charge in [-0.1, -0.05) is 164 Å². The predicted octanol–water partition coefficient (Wildman–Crippen LogP) is 16.5. The van der Waals surface area contributed by atoms with Crippen LogP contribution in [-0.4, -0.2) is 9.97 Å². The number of fused-ring (bicyclic) bond motifs is 6. The summed E-state index contributed by atoms with van der Waals surface area (Å²) in [6, 6.07) is 23.0. The number of hydrogen-bond acceptors (Lipinski definition) is 2. The van der Waals surface area contributed by atoms with Crippen molar-refractivity contribution in [1.82, 2.24) is 9.97 Å². The summed E-state index contributed by atoms with van der Waals surface area (Å²) in [6.45, 7) is 17.9. The van der Waals surface area contributed by atoms with E-state index in [1.54, 1.807) is 11.1 Å². The molecular formula is C54H74N2. The van der Waals surface area contributed by atoms with Crippen molar-refractivity contribution in [2.75, 3.05) is 0 Å². The van der Waals surface area contributed by atoms with Crippen molar-refractivity contribution in [1.29, 1.82) is 0 Å². The van der Waals surface area contributed by atoms with Gasteiger partial charge in [0, 0.05) is 22.2 Å². The van der Waals surface area contributed by atoms with Crippen molar-refractivity contribution in [3.8, 4) is 0 Å². The van der Waals surface area contributed by atoms with E-state index in [2.05, 4.69) is 116 Å². The third kappa shape index (κ3) is 11.2. The lowest BCUT2D eigenvalue weighted by Gasteiger charge is -2.19. The van der Waals surface area contributed by atoms with E-state index in [1.165, 1.54) is 181 Å². The van der Waals surface area contributed by atoms with Crippen LogP contribution in [0.15, 0.2) is 60.7 Å². The Morgan fingerprint density at radius 1 is 0.321 bits per heavy atom. The number of rotatable bonds is 20. The Kier molecular flexibility index (Phi) is 17.2. The number of pyridine rings is 2. The summed E-state index contributed by atoms with van der Waals surface area (Å²) in [5.41, 5.74) is 13.6. The monoisotopic (exact) mass is 751 g/mol. The number of aromatic nitrogens is 2. The van der Waals surface area contributed by atoms with Crippen LogP contribution in [-0.2, 0) is 25.7 Å². The van der Waals surface area contributed by atoms with Gasteiger partial charge in [-0.25, -0.2) is 0 Å². The van der Waals surface area contributed by atoms with Crippen molar-refractivity contribution in [3.63, 3.8) is 0 Å². The fraction of sp³-hybridized carbons (Fsp3) is 0.519. The van der Waals surface area contributed by atoms with Crippen LogP contribution >= 0.6 is 0 Å². The molecule has 6 aromatic rings. The molecule has 0 amide bonds. The first-order valence-electron chi connectivity index (χ1n) is 22.9. The molecule has 0 unspecified atom stereocenters. The number of nitrogens with zero attached hydrogens (tertiary/aromatic N) is 2. The summed E-state index contributed by atoms with van der Waals surface area (Å²) >= 11 is 0. The third-order valence-electron chi connectivity index (χ3n) is 12.1. The maximum absolute atomic E-state index is 5.02. The minimum atomic E-state index is 1.11. The zero-order valence-corrected chi connectivity index (χ0v) is 36.8. The molecule has 2 heteroatoms. The van der Waals surface area contributed by atoms with Gasteiger partial charge in [-0.3, -0.25) is 9.97 Å². The fourth-order valence-corrected chi connectivity index (χ4v) is 8.93. The van der Waals surface area contributed by atoms with Crippen molar-refractivity contribution in [2.24, 2.45) is 0 Å². The third-order valence-corrected chi connectivity index (χ3v) is 12.1. The molecule has 0 aliphatic heterocycles. The summed E-state index contributed by atoms with van der Waals surface area (Å²) in [5.74, 6) is 0. The molecule has 0 N–H and O–H groups in total. The van der Waals surface area contributed by atoms with Gasteiger partial charge in [-0.05, 0) is 135 Å². The Bertz CT molecular complexity index is 1850. The molecule has 0 spiro atoms. The molecule has 0 aliphatic carbocycles. The first-order valence-corrected chi connectivity index (χ1v) is 22.9. The van der Waals surface area contributed by atoms with Crippen LogP contribution < -0.4 is 0 Å². The first-order chi connectivity index (χ1) is 27.3. The molecule has 56 heavy (non-hydrogen) atoms. The highest BCUT2D eigenvalue weighted by Gasteiger charge is 2.18. The largest absolute Gasteiger partial charge is 0.253 e. The van der Waals surface area contributed by atoms with Gasteiger partial charge in [0.25, 0.3) is 0 Å². The van der Waals surface area contributed by atoms with Crippen molar-refractivity contribution in [2.45, 2.75) is 184 Å². The number of unbranched alkanes of at least 4 members (excludes halogenated alkanes) is 12. The van der Waals surface area contributed by atoms with E-state index in [9.17, 15) is 0 Å². The van der Waals surface area contributed by atoms with E-state index < -0.39 is 0 Å². The normalized spacial score (nSPS) is 11.6. The molecular weight excluding hydrogens is 677 g/mol. The number of benzene rings is 4. The molecule has 0 bridgehead atoms.